The van der Waals surface area contributed by atoms with Crippen molar-refractivity contribution in [1.29, 1.82) is 0 Å². The van der Waals surface area contributed by atoms with Crippen molar-refractivity contribution in [3.8, 4) is 11.3 Å². The second-order valence-corrected chi connectivity index (χ2v) is 4.88. The molecule has 0 aliphatic carbocycles. The van der Waals surface area contributed by atoms with E-state index >= 15 is 0 Å². The Hall–Kier alpha value is -1.87. The van der Waals surface area contributed by atoms with Gasteiger partial charge in [0.25, 0.3) is 0 Å². The van der Waals surface area contributed by atoms with Crippen molar-refractivity contribution in [2.75, 3.05) is 0 Å². The van der Waals surface area contributed by atoms with Crippen molar-refractivity contribution in [3.63, 3.8) is 0 Å². The van der Waals surface area contributed by atoms with Gasteiger partial charge in [0.15, 0.2) is 6.29 Å². The van der Waals surface area contributed by atoms with Gasteiger partial charge in [-0.2, -0.15) is 0 Å². The molecule has 88 valence electrons. The Balaban J connectivity index is 2.28. The summed E-state index contributed by atoms with van der Waals surface area (Å²) in [6, 6.07) is 15.3. The molecule has 0 aliphatic heterocycles. The predicted octanol–water partition coefficient (Wildman–Crippen LogP) is 4.67. The normalized spacial score (nSPS) is 10.7. The SMILES string of the molecule is O=Cc1c(-c2ccc(Br)cc2)oc2ccccc12. The van der Waals surface area contributed by atoms with Crippen LogP contribution in [-0.4, -0.2) is 6.29 Å². The largest absolute Gasteiger partial charge is 0.455 e. The molecule has 0 N–H and O–H groups in total. The molecule has 2 aromatic carbocycles. The van der Waals surface area contributed by atoms with Crippen molar-refractivity contribution in [2.45, 2.75) is 0 Å². The van der Waals surface area contributed by atoms with Gasteiger partial charge < -0.3 is 4.42 Å². The maximum atomic E-state index is 11.3. The Morgan fingerprint density at radius 1 is 1.00 bits per heavy atom. The average molecular weight is 301 g/mol. The third-order valence-corrected chi connectivity index (χ3v) is 3.39. The molecule has 3 rings (SSSR count). The number of hydrogen-bond acceptors (Lipinski definition) is 2. The monoisotopic (exact) mass is 300 g/mol. The summed E-state index contributed by atoms with van der Waals surface area (Å²) in [6.07, 6.45) is 0.850. The Kier molecular flexibility index (Phi) is 2.76. The van der Waals surface area contributed by atoms with Crippen LogP contribution in [0.4, 0.5) is 0 Å². The van der Waals surface area contributed by atoms with Gasteiger partial charge in [0.05, 0.1) is 5.56 Å². The molecule has 0 fully saturated rings. The van der Waals surface area contributed by atoms with E-state index < -0.39 is 0 Å². The summed E-state index contributed by atoms with van der Waals surface area (Å²) in [5.41, 5.74) is 2.24. The molecule has 0 bridgehead atoms. The zero-order valence-electron chi connectivity index (χ0n) is 9.39. The lowest BCUT2D eigenvalue weighted by atomic mass is 10.1. The second kappa shape index (κ2) is 4.42. The lowest BCUT2D eigenvalue weighted by Gasteiger charge is -1.98. The lowest BCUT2D eigenvalue weighted by molar-refractivity contribution is 0.112. The maximum absolute atomic E-state index is 11.3. The van der Waals surface area contributed by atoms with Crippen LogP contribution in [0.1, 0.15) is 10.4 Å². The zero-order valence-corrected chi connectivity index (χ0v) is 11.0. The molecule has 0 radical (unpaired) electrons. The molecular formula is C15H9BrO2. The van der Waals surface area contributed by atoms with Crippen LogP contribution in [0.2, 0.25) is 0 Å². The van der Waals surface area contributed by atoms with E-state index in [0.29, 0.717) is 11.3 Å². The lowest BCUT2D eigenvalue weighted by Crippen LogP contribution is -1.82. The second-order valence-electron chi connectivity index (χ2n) is 3.97. The van der Waals surface area contributed by atoms with Crippen molar-refractivity contribution in [3.05, 3.63) is 58.6 Å². The van der Waals surface area contributed by atoms with Crippen LogP contribution in [-0.2, 0) is 0 Å². The number of carbonyl (C=O) groups excluding carboxylic acids is 1. The number of carbonyl (C=O) groups is 1. The van der Waals surface area contributed by atoms with Crippen molar-refractivity contribution >= 4 is 33.2 Å². The molecule has 0 spiro atoms. The Labute approximate surface area is 112 Å². The number of furan rings is 1. The summed E-state index contributed by atoms with van der Waals surface area (Å²) >= 11 is 3.39. The van der Waals surface area contributed by atoms with Crippen molar-refractivity contribution in [1.82, 2.24) is 0 Å². The number of halogens is 1. The third-order valence-electron chi connectivity index (χ3n) is 2.86. The number of rotatable bonds is 2. The molecule has 1 aromatic heterocycles. The fourth-order valence-corrected chi connectivity index (χ4v) is 2.26. The first kappa shape index (κ1) is 11.2. The molecule has 0 aliphatic rings. The maximum Gasteiger partial charge on any atom is 0.154 e. The van der Waals surface area contributed by atoms with E-state index in [1.54, 1.807) is 0 Å². The molecule has 2 nitrogen and oxygen atoms in total. The number of aldehydes is 1. The van der Waals surface area contributed by atoms with Crippen LogP contribution >= 0.6 is 15.9 Å². The molecule has 0 amide bonds. The van der Waals surface area contributed by atoms with Gasteiger partial charge in [0.2, 0.25) is 0 Å². The van der Waals surface area contributed by atoms with Crippen LogP contribution in [0.5, 0.6) is 0 Å². The molecule has 3 heteroatoms. The zero-order chi connectivity index (χ0) is 12.5. The summed E-state index contributed by atoms with van der Waals surface area (Å²) in [7, 11) is 0. The van der Waals surface area contributed by atoms with Gasteiger partial charge in [-0.3, -0.25) is 4.79 Å². The number of para-hydroxylation sites is 1. The smallest absolute Gasteiger partial charge is 0.154 e. The topological polar surface area (TPSA) is 30.2 Å². The Morgan fingerprint density at radius 3 is 2.44 bits per heavy atom. The highest BCUT2D eigenvalue weighted by atomic mass is 79.9. The number of hydrogen-bond donors (Lipinski definition) is 0. The molecule has 0 saturated heterocycles. The quantitative estimate of drug-likeness (QED) is 0.644. The van der Waals surface area contributed by atoms with Gasteiger partial charge in [-0.05, 0) is 18.2 Å². The van der Waals surface area contributed by atoms with E-state index in [1.165, 1.54) is 0 Å². The van der Waals surface area contributed by atoms with E-state index in [4.69, 9.17) is 4.42 Å². The van der Waals surface area contributed by atoms with Crippen LogP contribution in [0.3, 0.4) is 0 Å². The standard InChI is InChI=1S/C15H9BrO2/c16-11-7-5-10(6-8-11)15-13(9-17)12-3-1-2-4-14(12)18-15/h1-9H. The highest BCUT2D eigenvalue weighted by Gasteiger charge is 2.14. The molecule has 1 heterocycles. The summed E-state index contributed by atoms with van der Waals surface area (Å²) in [6.45, 7) is 0. The van der Waals surface area contributed by atoms with E-state index in [9.17, 15) is 4.79 Å². The Morgan fingerprint density at radius 2 is 1.72 bits per heavy atom. The fourth-order valence-electron chi connectivity index (χ4n) is 2.00. The van der Waals surface area contributed by atoms with Gasteiger partial charge >= 0.3 is 0 Å². The number of benzene rings is 2. The summed E-state index contributed by atoms with van der Waals surface area (Å²) in [5.74, 6) is 0.624. The molecule has 18 heavy (non-hydrogen) atoms. The van der Waals surface area contributed by atoms with E-state index in [-0.39, 0.29) is 0 Å². The van der Waals surface area contributed by atoms with Gasteiger partial charge in [-0.1, -0.05) is 46.3 Å². The minimum Gasteiger partial charge on any atom is -0.455 e. The first-order valence-electron chi connectivity index (χ1n) is 5.52. The minimum atomic E-state index is 0.605. The van der Waals surface area contributed by atoms with E-state index in [1.807, 2.05) is 48.5 Å². The molecular weight excluding hydrogens is 292 g/mol. The summed E-state index contributed by atoms with van der Waals surface area (Å²) < 4.78 is 6.76. The summed E-state index contributed by atoms with van der Waals surface area (Å²) in [5, 5.41) is 0.852. The van der Waals surface area contributed by atoms with E-state index in [2.05, 4.69) is 15.9 Å². The van der Waals surface area contributed by atoms with Gasteiger partial charge in [0.1, 0.15) is 11.3 Å². The molecule has 0 saturated carbocycles. The van der Waals surface area contributed by atoms with Crippen LogP contribution in [0.15, 0.2) is 57.4 Å². The molecule has 0 atom stereocenters. The third kappa shape index (κ3) is 1.77. The predicted molar refractivity (Wildman–Crippen MR) is 74.7 cm³/mol. The molecule has 0 unspecified atom stereocenters. The molecule has 3 aromatic rings. The van der Waals surface area contributed by atoms with E-state index in [0.717, 1.165) is 27.3 Å². The average Bonchev–Trinajstić information content (AvgIpc) is 2.78. The first-order valence-corrected chi connectivity index (χ1v) is 6.31. The van der Waals surface area contributed by atoms with Crippen molar-refractivity contribution in [2.24, 2.45) is 0 Å². The van der Waals surface area contributed by atoms with Gasteiger partial charge in [-0.25, -0.2) is 0 Å². The van der Waals surface area contributed by atoms with Gasteiger partial charge in [-0.15, -0.1) is 0 Å². The van der Waals surface area contributed by atoms with Crippen LogP contribution < -0.4 is 0 Å². The fraction of sp³-hybridized carbons (Fsp3) is 0. The van der Waals surface area contributed by atoms with Gasteiger partial charge in [0, 0.05) is 15.4 Å². The first-order chi connectivity index (χ1) is 8.79. The summed E-state index contributed by atoms with van der Waals surface area (Å²) in [4.78, 5) is 11.3. The minimum absolute atomic E-state index is 0.605. The highest BCUT2D eigenvalue weighted by Crippen LogP contribution is 2.32. The van der Waals surface area contributed by atoms with Crippen molar-refractivity contribution < 1.29 is 9.21 Å². The van der Waals surface area contributed by atoms with Crippen LogP contribution in [0.25, 0.3) is 22.3 Å². The highest BCUT2D eigenvalue weighted by molar-refractivity contribution is 9.10. The number of fused-ring (bicyclic) bond motifs is 1. The Bertz CT molecular complexity index is 711. The van der Waals surface area contributed by atoms with Crippen LogP contribution in [0, 0.1) is 0 Å².